The van der Waals surface area contributed by atoms with Gasteiger partial charge in [-0.15, -0.1) is 0 Å². The number of nitrogens with one attached hydrogen (secondary N) is 2. The van der Waals surface area contributed by atoms with Crippen LogP contribution in [0.5, 0.6) is 0 Å². The molecule has 0 bridgehead atoms. The Morgan fingerprint density at radius 3 is 3.10 bits per heavy atom. The van der Waals surface area contributed by atoms with Gasteiger partial charge in [0.25, 0.3) is 0 Å². The van der Waals surface area contributed by atoms with Crippen LogP contribution in [-0.2, 0) is 0 Å². The fourth-order valence-electron chi connectivity index (χ4n) is 0.644. The molecule has 0 aromatic heterocycles. The molecule has 10 heavy (non-hydrogen) atoms. The molecule has 5 nitrogen and oxygen atoms in total. The first-order valence-electron chi connectivity index (χ1n) is 2.81. The van der Waals surface area contributed by atoms with Crippen molar-refractivity contribution in [1.29, 1.82) is 0 Å². The van der Waals surface area contributed by atoms with E-state index in [2.05, 4.69) is 10.6 Å². The third kappa shape index (κ3) is 1.26. The van der Waals surface area contributed by atoms with Crippen molar-refractivity contribution < 1.29 is 10.0 Å². The molecule has 0 aromatic carbocycles. The molecule has 1 aliphatic rings. The minimum absolute atomic E-state index is 0.447. The van der Waals surface area contributed by atoms with Crippen molar-refractivity contribution in [1.82, 2.24) is 16.1 Å². The molecule has 0 aromatic rings. The second-order valence-electron chi connectivity index (χ2n) is 2.01. The van der Waals surface area contributed by atoms with Crippen LogP contribution in [0.15, 0.2) is 11.8 Å². The number of carbonyl (C=O) groups is 1. The van der Waals surface area contributed by atoms with Crippen molar-refractivity contribution in [2.45, 2.75) is 13.1 Å². The molecule has 0 saturated carbocycles. The zero-order valence-electron chi connectivity index (χ0n) is 5.46. The van der Waals surface area contributed by atoms with E-state index in [1.807, 2.05) is 5.48 Å². The van der Waals surface area contributed by atoms with Crippen LogP contribution in [0.4, 0.5) is 4.79 Å². The van der Waals surface area contributed by atoms with E-state index in [0.29, 0.717) is 0 Å². The summed E-state index contributed by atoms with van der Waals surface area (Å²) in [5.41, 5.74) is 2.69. The molecule has 55 valence electrons. The maximum atomic E-state index is 10.5. The Kier molecular flexibility index (Phi) is 1.88. The van der Waals surface area contributed by atoms with E-state index in [4.69, 9.17) is 5.21 Å². The fraction of sp³-hybridized carbons (Fsp3) is 0.400. The van der Waals surface area contributed by atoms with Crippen LogP contribution >= 0.6 is 0 Å². The number of amides is 2. The highest BCUT2D eigenvalue weighted by Gasteiger charge is 2.17. The summed E-state index contributed by atoms with van der Waals surface area (Å²) in [6, 6.07) is -0.447. The van der Waals surface area contributed by atoms with Gasteiger partial charge in [0.1, 0.15) is 6.17 Å². The van der Waals surface area contributed by atoms with Crippen molar-refractivity contribution in [2.24, 2.45) is 0 Å². The molecule has 1 radical (unpaired) electrons. The van der Waals surface area contributed by atoms with Crippen LogP contribution in [0.2, 0.25) is 0 Å². The minimum atomic E-state index is -0.495. The smallest absolute Gasteiger partial charge is 0.315 e. The lowest BCUT2D eigenvalue weighted by Crippen LogP contribution is -2.49. The summed E-state index contributed by atoms with van der Waals surface area (Å²) in [6.45, 7) is 1.75. The average molecular weight is 142 g/mol. The highest BCUT2D eigenvalue weighted by Crippen LogP contribution is 2.00. The molecule has 0 fully saturated rings. The fourth-order valence-corrected chi connectivity index (χ4v) is 0.644. The number of urea groups is 1. The highest BCUT2D eigenvalue weighted by molar-refractivity contribution is 5.76. The zero-order chi connectivity index (χ0) is 7.56. The first kappa shape index (κ1) is 7.04. The molecular formula is C5H8N3O2. The topological polar surface area (TPSA) is 75.5 Å². The summed E-state index contributed by atoms with van der Waals surface area (Å²) >= 11 is 0. The van der Waals surface area contributed by atoms with Crippen molar-refractivity contribution in [2.75, 3.05) is 0 Å². The van der Waals surface area contributed by atoms with Crippen LogP contribution < -0.4 is 16.1 Å². The standard InChI is InChI=1S/C5H8N3O2/c1-3-2-6-5(9)7-4(3)8-10/h2,4,8,10H,1H3,(H,7,9). The first-order valence-corrected chi connectivity index (χ1v) is 2.81. The van der Waals surface area contributed by atoms with Crippen molar-refractivity contribution in [3.8, 4) is 0 Å². The lowest BCUT2D eigenvalue weighted by molar-refractivity contribution is 0.124. The Balaban J connectivity index is 2.65. The monoisotopic (exact) mass is 142 g/mol. The summed E-state index contributed by atoms with van der Waals surface area (Å²) in [6.07, 6.45) is 0.914. The quantitative estimate of drug-likeness (QED) is 0.433. The van der Waals surface area contributed by atoms with Crippen molar-refractivity contribution in [3.63, 3.8) is 0 Å². The molecule has 1 heterocycles. The molecule has 2 amide bonds. The average Bonchev–Trinajstić information content (AvgIpc) is 1.94. The molecule has 3 N–H and O–H groups in total. The van der Waals surface area contributed by atoms with E-state index >= 15 is 0 Å². The lowest BCUT2D eigenvalue weighted by Gasteiger charge is -2.20. The molecule has 1 rings (SSSR count). The zero-order valence-corrected chi connectivity index (χ0v) is 5.46. The molecule has 0 aliphatic carbocycles. The second kappa shape index (κ2) is 2.68. The van der Waals surface area contributed by atoms with Crippen LogP contribution in [-0.4, -0.2) is 17.4 Å². The number of hydroxylamine groups is 1. The maximum absolute atomic E-state index is 10.5. The lowest BCUT2D eigenvalue weighted by atomic mass is 10.2. The van der Waals surface area contributed by atoms with Crippen LogP contribution in [0, 0.1) is 0 Å². The number of rotatable bonds is 1. The Morgan fingerprint density at radius 1 is 1.90 bits per heavy atom. The summed E-state index contributed by atoms with van der Waals surface area (Å²) in [7, 11) is 0. The second-order valence-corrected chi connectivity index (χ2v) is 2.01. The van der Waals surface area contributed by atoms with Crippen LogP contribution in [0.25, 0.3) is 0 Å². The summed E-state index contributed by atoms with van der Waals surface area (Å²) < 4.78 is 0. The summed E-state index contributed by atoms with van der Waals surface area (Å²) in [5, 5.41) is 14.3. The molecule has 1 aliphatic heterocycles. The summed E-state index contributed by atoms with van der Waals surface area (Å²) in [4.78, 5) is 10.5. The number of carbonyl (C=O) groups excluding carboxylic acids is 1. The number of hydrogen-bond donors (Lipinski definition) is 3. The van der Waals surface area contributed by atoms with E-state index in [0.717, 1.165) is 5.57 Å². The predicted molar refractivity (Wildman–Crippen MR) is 33.1 cm³/mol. The van der Waals surface area contributed by atoms with Gasteiger partial charge >= 0.3 is 6.03 Å². The Bertz CT molecular complexity index is 178. The van der Waals surface area contributed by atoms with E-state index < -0.39 is 12.2 Å². The van der Waals surface area contributed by atoms with E-state index in [1.165, 1.54) is 6.20 Å². The molecule has 0 saturated heterocycles. The number of hydrogen-bond acceptors (Lipinski definition) is 3. The summed E-state index contributed by atoms with van der Waals surface area (Å²) in [5.74, 6) is 0. The Hall–Kier alpha value is -1.07. The molecular weight excluding hydrogens is 134 g/mol. The van der Waals surface area contributed by atoms with Gasteiger partial charge in [-0.25, -0.2) is 10.1 Å². The van der Waals surface area contributed by atoms with E-state index in [-0.39, 0.29) is 0 Å². The van der Waals surface area contributed by atoms with Gasteiger partial charge in [-0.05, 0) is 12.5 Å². The van der Waals surface area contributed by atoms with Gasteiger partial charge in [0.05, 0.1) is 0 Å². The molecule has 5 heteroatoms. The normalized spacial score (nSPS) is 24.8. The van der Waals surface area contributed by atoms with Crippen molar-refractivity contribution in [3.05, 3.63) is 11.8 Å². The van der Waals surface area contributed by atoms with Gasteiger partial charge in [-0.3, -0.25) is 0 Å². The Labute approximate surface area is 58.1 Å². The van der Waals surface area contributed by atoms with Gasteiger partial charge in [-0.1, -0.05) is 0 Å². The van der Waals surface area contributed by atoms with Crippen LogP contribution in [0.1, 0.15) is 6.92 Å². The van der Waals surface area contributed by atoms with Crippen LogP contribution in [0.3, 0.4) is 0 Å². The number of nitrogens with zero attached hydrogens (tertiary/aromatic N) is 1. The van der Waals surface area contributed by atoms with Gasteiger partial charge in [-0.2, -0.15) is 5.48 Å². The SMILES string of the molecule is CC1=C[N]C(=O)NC1NO. The van der Waals surface area contributed by atoms with Gasteiger partial charge in [0.2, 0.25) is 0 Å². The first-order chi connectivity index (χ1) is 4.74. The molecule has 1 atom stereocenters. The molecule has 0 spiro atoms. The van der Waals surface area contributed by atoms with Gasteiger partial charge < -0.3 is 10.5 Å². The highest BCUT2D eigenvalue weighted by atomic mass is 16.5. The van der Waals surface area contributed by atoms with E-state index in [9.17, 15) is 4.79 Å². The van der Waals surface area contributed by atoms with Crippen molar-refractivity contribution >= 4 is 6.03 Å². The predicted octanol–water partition coefficient (Wildman–Crippen LogP) is -0.477. The third-order valence-corrected chi connectivity index (χ3v) is 1.24. The third-order valence-electron chi connectivity index (χ3n) is 1.24. The largest absolute Gasteiger partial charge is 0.342 e. The molecule has 1 unspecified atom stereocenters. The van der Waals surface area contributed by atoms with Gasteiger partial charge in [0, 0.05) is 6.20 Å². The van der Waals surface area contributed by atoms with E-state index in [1.54, 1.807) is 6.92 Å². The maximum Gasteiger partial charge on any atom is 0.342 e. The van der Waals surface area contributed by atoms with Gasteiger partial charge in [0.15, 0.2) is 0 Å². The minimum Gasteiger partial charge on any atom is -0.315 e. The Morgan fingerprint density at radius 2 is 2.60 bits per heavy atom.